The van der Waals surface area contributed by atoms with Gasteiger partial charge in [-0.15, -0.1) is 0 Å². The SMILES string of the molecule is CS(=O)(=O)C1=C(c2ccccc2)c2ccccc2C1=O. The van der Waals surface area contributed by atoms with Crippen molar-refractivity contribution < 1.29 is 13.2 Å². The lowest BCUT2D eigenvalue weighted by Crippen LogP contribution is -2.09. The van der Waals surface area contributed by atoms with Crippen molar-refractivity contribution in [2.45, 2.75) is 0 Å². The number of carbonyl (C=O) groups excluding carboxylic acids is 1. The van der Waals surface area contributed by atoms with E-state index in [2.05, 4.69) is 0 Å². The van der Waals surface area contributed by atoms with Gasteiger partial charge in [0.2, 0.25) is 5.78 Å². The summed E-state index contributed by atoms with van der Waals surface area (Å²) >= 11 is 0. The quantitative estimate of drug-likeness (QED) is 0.852. The molecule has 100 valence electrons. The second-order valence-corrected chi connectivity index (χ2v) is 6.67. The monoisotopic (exact) mass is 284 g/mol. The Labute approximate surface area is 117 Å². The van der Waals surface area contributed by atoms with Crippen LogP contribution in [-0.4, -0.2) is 20.5 Å². The van der Waals surface area contributed by atoms with Gasteiger partial charge < -0.3 is 0 Å². The Kier molecular flexibility index (Phi) is 2.83. The fraction of sp³-hybridized carbons (Fsp3) is 0.0625. The third-order valence-electron chi connectivity index (χ3n) is 3.31. The minimum Gasteiger partial charge on any atom is -0.288 e. The van der Waals surface area contributed by atoms with Gasteiger partial charge in [-0.3, -0.25) is 4.79 Å². The summed E-state index contributed by atoms with van der Waals surface area (Å²) < 4.78 is 24.0. The number of hydrogen-bond donors (Lipinski definition) is 0. The predicted octanol–water partition coefficient (Wildman–Crippen LogP) is 2.69. The molecule has 0 radical (unpaired) electrons. The zero-order chi connectivity index (χ0) is 14.3. The molecular weight excluding hydrogens is 272 g/mol. The Morgan fingerprint density at radius 3 is 1.95 bits per heavy atom. The number of benzene rings is 2. The van der Waals surface area contributed by atoms with Crippen LogP contribution in [0.2, 0.25) is 0 Å². The molecule has 0 N–H and O–H groups in total. The molecule has 0 amide bonds. The first-order valence-electron chi connectivity index (χ1n) is 6.14. The van der Waals surface area contributed by atoms with Crippen LogP contribution < -0.4 is 0 Å². The molecule has 1 aliphatic rings. The molecule has 4 heteroatoms. The van der Waals surface area contributed by atoms with E-state index in [1.165, 1.54) is 0 Å². The molecule has 0 spiro atoms. The van der Waals surface area contributed by atoms with Crippen LogP contribution in [0.1, 0.15) is 21.5 Å². The molecule has 0 atom stereocenters. The average Bonchev–Trinajstić information content (AvgIpc) is 2.74. The highest BCUT2D eigenvalue weighted by Crippen LogP contribution is 2.39. The molecule has 3 nitrogen and oxygen atoms in total. The maximum Gasteiger partial charge on any atom is 0.205 e. The Bertz CT molecular complexity index is 831. The van der Waals surface area contributed by atoms with Crippen LogP contribution in [-0.2, 0) is 9.84 Å². The number of sulfone groups is 1. The molecule has 0 fully saturated rings. The van der Waals surface area contributed by atoms with E-state index < -0.39 is 15.6 Å². The highest BCUT2D eigenvalue weighted by atomic mass is 32.2. The maximum atomic E-state index is 12.4. The Hall–Kier alpha value is -2.20. The van der Waals surface area contributed by atoms with E-state index in [0.29, 0.717) is 16.7 Å². The second-order valence-electron chi connectivity index (χ2n) is 4.72. The number of hydrogen-bond acceptors (Lipinski definition) is 3. The van der Waals surface area contributed by atoms with E-state index >= 15 is 0 Å². The van der Waals surface area contributed by atoms with Crippen molar-refractivity contribution >= 4 is 21.2 Å². The summed E-state index contributed by atoms with van der Waals surface area (Å²) in [7, 11) is -3.59. The predicted molar refractivity (Wildman–Crippen MR) is 78.1 cm³/mol. The lowest BCUT2D eigenvalue weighted by Gasteiger charge is -2.06. The highest BCUT2D eigenvalue weighted by molar-refractivity contribution is 7.95. The molecule has 2 aromatic carbocycles. The molecule has 0 unspecified atom stereocenters. The van der Waals surface area contributed by atoms with Gasteiger partial charge in [0.1, 0.15) is 4.91 Å². The molecule has 0 saturated heterocycles. The molecule has 2 aromatic rings. The minimum atomic E-state index is -3.59. The summed E-state index contributed by atoms with van der Waals surface area (Å²) in [6.45, 7) is 0. The molecule has 3 rings (SSSR count). The summed E-state index contributed by atoms with van der Waals surface area (Å²) in [5.41, 5.74) is 2.39. The van der Waals surface area contributed by atoms with Crippen molar-refractivity contribution in [1.29, 1.82) is 0 Å². The van der Waals surface area contributed by atoms with E-state index in [1.54, 1.807) is 24.3 Å². The molecule has 0 aromatic heterocycles. The number of rotatable bonds is 2. The molecule has 0 aliphatic heterocycles. The molecule has 0 bridgehead atoms. The molecule has 20 heavy (non-hydrogen) atoms. The van der Waals surface area contributed by atoms with Crippen molar-refractivity contribution in [2.24, 2.45) is 0 Å². The summed E-state index contributed by atoms with van der Waals surface area (Å²) in [6.07, 6.45) is 1.08. The van der Waals surface area contributed by atoms with Crippen LogP contribution in [0.25, 0.3) is 5.57 Å². The Morgan fingerprint density at radius 1 is 0.800 bits per heavy atom. The lowest BCUT2D eigenvalue weighted by atomic mass is 9.99. The van der Waals surface area contributed by atoms with Gasteiger partial charge in [-0.1, -0.05) is 54.6 Å². The summed E-state index contributed by atoms with van der Waals surface area (Å²) in [6, 6.07) is 16.1. The number of fused-ring (bicyclic) bond motifs is 1. The van der Waals surface area contributed by atoms with Crippen LogP contribution in [0.5, 0.6) is 0 Å². The average molecular weight is 284 g/mol. The number of allylic oxidation sites excluding steroid dienone is 1. The summed E-state index contributed by atoms with van der Waals surface area (Å²) in [5.74, 6) is -0.415. The van der Waals surface area contributed by atoms with Crippen LogP contribution in [0.3, 0.4) is 0 Å². The van der Waals surface area contributed by atoms with Crippen molar-refractivity contribution in [3.05, 3.63) is 76.2 Å². The van der Waals surface area contributed by atoms with Crippen LogP contribution in [0.15, 0.2) is 59.5 Å². The highest BCUT2D eigenvalue weighted by Gasteiger charge is 2.35. The van der Waals surface area contributed by atoms with Gasteiger partial charge in [-0.05, 0) is 11.1 Å². The Morgan fingerprint density at radius 2 is 1.35 bits per heavy atom. The molecule has 1 aliphatic carbocycles. The van der Waals surface area contributed by atoms with Crippen molar-refractivity contribution in [1.82, 2.24) is 0 Å². The molecule has 0 saturated carbocycles. The normalized spacial score (nSPS) is 14.6. The first kappa shape index (κ1) is 12.8. The van der Waals surface area contributed by atoms with Crippen LogP contribution in [0.4, 0.5) is 0 Å². The third kappa shape index (κ3) is 1.89. The van der Waals surface area contributed by atoms with Gasteiger partial charge in [0.05, 0.1) is 0 Å². The molecule has 0 heterocycles. The van der Waals surface area contributed by atoms with E-state index in [9.17, 15) is 13.2 Å². The van der Waals surface area contributed by atoms with Gasteiger partial charge >= 0.3 is 0 Å². The van der Waals surface area contributed by atoms with E-state index in [0.717, 1.165) is 11.8 Å². The number of carbonyl (C=O) groups is 1. The third-order valence-corrected chi connectivity index (χ3v) is 4.44. The first-order chi connectivity index (χ1) is 9.50. The lowest BCUT2D eigenvalue weighted by molar-refractivity contribution is 0.104. The summed E-state index contributed by atoms with van der Waals surface area (Å²) in [5, 5.41) is 0. The molecular formula is C16H12O3S. The van der Waals surface area contributed by atoms with Crippen LogP contribution >= 0.6 is 0 Å². The van der Waals surface area contributed by atoms with Crippen molar-refractivity contribution in [2.75, 3.05) is 6.26 Å². The topological polar surface area (TPSA) is 51.2 Å². The standard InChI is InChI=1S/C16H12O3S/c1-20(18,19)16-14(11-7-3-2-4-8-11)12-9-5-6-10-13(12)15(16)17/h2-10H,1H3. The number of ketones is 1. The van der Waals surface area contributed by atoms with Gasteiger partial charge in [0.25, 0.3) is 0 Å². The van der Waals surface area contributed by atoms with Crippen molar-refractivity contribution in [3.63, 3.8) is 0 Å². The van der Waals surface area contributed by atoms with Crippen LogP contribution in [0, 0.1) is 0 Å². The zero-order valence-corrected chi connectivity index (χ0v) is 11.6. The summed E-state index contributed by atoms with van der Waals surface area (Å²) in [4.78, 5) is 12.3. The first-order valence-corrected chi connectivity index (χ1v) is 8.03. The maximum absolute atomic E-state index is 12.4. The fourth-order valence-electron chi connectivity index (χ4n) is 2.50. The minimum absolute atomic E-state index is 0.107. The number of Topliss-reactive ketones (excluding diaryl/α,β-unsaturated/α-hetero) is 1. The van der Waals surface area contributed by atoms with E-state index in [1.807, 2.05) is 30.3 Å². The van der Waals surface area contributed by atoms with Crippen molar-refractivity contribution in [3.8, 4) is 0 Å². The zero-order valence-electron chi connectivity index (χ0n) is 10.8. The largest absolute Gasteiger partial charge is 0.288 e. The Balaban J connectivity index is 2.40. The second kappa shape index (κ2) is 4.42. The van der Waals surface area contributed by atoms with E-state index in [-0.39, 0.29) is 4.91 Å². The van der Waals surface area contributed by atoms with E-state index in [4.69, 9.17) is 0 Å². The van der Waals surface area contributed by atoms with Gasteiger partial charge in [0.15, 0.2) is 9.84 Å². The fourth-order valence-corrected chi connectivity index (χ4v) is 3.55. The van der Waals surface area contributed by atoms with Gasteiger partial charge in [0, 0.05) is 17.4 Å². The smallest absolute Gasteiger partial charge is 0.205 e. The van der Waals surface area contributed by atoms with Gasteiger partial charge in [-0.25, -0.2) is 8.42 Å². The van der Waals surface area contributed by atoms with Gasteiger partial charge in [-0.2, -0.15) is 0 Å².